The van der Waals surface area contributed by atoms with Crippen LogP contribution in [-0.2, 0) is 4.79 Å². The van der Waals surface area contributed by atoms with Gasteiger partial charge in [0.1, 0.15) is 5.69 Å². The summed E-state index contributed by atoms with van der Waals surface area (Å²) in [6.45, 7) is 0. The van der Waals surface area contributed by atoms with Crippen LogP contribution in [-0.4, -0.2) is 20.2 Å². The molecule has 100 valence electrons. The number of nitrogens with zero attached hydrogens (tertiary/aromatic N) is 4. The largest absolute Gasteiger partial charge is 0.376 e. The first-order chi connectivity index (χ1) is 9.70. The number of hydrogen-bond acceptors (Lipinski definition) is 5. The molecule has 2 aromatic rings. The normalized spacial score (nSPS) is 10.3. The van der Waals surface area contributed by atoms with Gasteiger partial charge in [-0.25, -0.2) is 4.79 Å². The Balaban J connectivity index is 2.23. The van der Waals surface area contributed by atoms with E-state index in [0.717, 1.165) is 11.4 Å². The minimum absolute atomic E-state index is 0.549. The van der Waals surface area contributed by atoms with Gasteiger partial charge in [0.25, 0.3) is 0 Å². The van der Waals surface area contributed by atoms with Crippen LogP contribution < -0.4 is 4.90 Å². The summed E-state index contributed by atoms with van der Waals surface area (Å²) >= 11 is 0. The smallest absolute Gasteiger partial charge is 0.240 e. The molecule has 0 saturated heterocycles. The van der Waals surface area contributed by atoms with Crippen LogP contribution in [0.3, 0.4) is 0 Å². The summed E-state index contributed by atoms with van der Waals surface area (Å²) in [5, 5.41) is 8.43. The minimum atomic E-state index is 0.549. The molecule has 0 saturated carbocycles. The number of aliphatic imine (C=N–C) groups is 1. The summed E-state index contributed by atoms with van der Waals surface area (Å²) in [5.41, 5.74) is 3.04. The lowest BCUT2D eigenvalue weighted by atomic mass is 10.2. The monoisotopic (exact) mass is 266 g/mol. The summed E-state index contributed by atoms with van der Waals surface area (Å²) in [5.74, 6) is 0. The first-order valence-electron chi connectivity index (χ1n) is 6.07. The zero-order valence-corrected chi connectivity index (χ0v) is 11.3. The Kier molecular flexibility index (Phi) is 4.37. The third-order valence-corrected chi connectivity index (χ3v) is 2.66. The van der Waals surface area contributed by atoms with E-state index < -0.39 is 0 Å². The topological polar surface area (TPSA) is 57.4 Å². The minimum Gasteiger partial charge on any atom is -0.376 e. The lowest BCUT2D eigenvalue weighted by molar-refractivity contribution is 0.565. The van der Waals surface area contributed by atoms with Gasteiger partial charge in [-0.2, -0.15) is 10.1 Å². The quantitative estimate of drug-likeness (QED) is 0.474. The van der Waals surface area contributed by atoms with Crippen molar-refractivity contribution >= 4 is 28.8 Å². The fraction of sp³-hybridized carbons (Fsp3) is 0.133. The summed E-state index contributed by atoms with van der Waals surface area (Å²) in [4.78, 5) is 15.6. The highest BCUT2D eigenvalue weighted by Crippen LogP contribution is 2.28. The van der Waals surface area contributed by atoms with E-state index >= 15 is 0 Å². The van der Waals surface area contributed by atoms with Crippen LogP contribution in [0.1, 0.15) is 0 Å². The molecule has 0 spiro atoms. The number of hydrogen-bond donors (Lipinski definition) is 0. The number of anilines is 1. The summed E-state index contributed by atoms with van der Waals surface area (Å²) in [6, 6.07) is 14.6. The van der Waals surface area contributed by atoms with Gasteiger partial charge in [-0.3, -0.25) is 0 Å². The van der Waals surface area contributed by atoms with E-state index in [0.29, 0.717) is 11.4 Å². The van der Waals surface area contributed by atoms with Gasteiger partial charge >= 0.3 is 0 Å². The van der Waals surface area contributed by atoms with Crippen LogP contribution >= 0.6 is 0 Å². The Bertz CT molecular complexity index is 656. The van der Waals surface area contributed by atoms with Gasteiger partial charge in [0.15, 0.2) is 0 Å². The lowest BCUT2D eigenvalue weighted by Gasteiger charge is -2.13. The first kappa shape index (κ1) is 13.6. The molecule has 2 aromatic carbocycles. The van der Waals surface area contributed by atoms with Crippen molar-refractivity contribution in [2.45, 2.75) is 0 Å². The summed E-state index contributed by atoms with van der Waals surface area (Å²) in [6.07, 6.45) is 1.50. The summed E-state index contributed by atoms with van der Waals surface area (Å²) < 4.78 is 0. The molecule has 5 heteroatoms. The van der Waals surface area contributed by atoms with Gasteiger partial charge in [-0.15, -0.1) is 5.11 Å². The van der Waals surface area contributed by atoms with Crippen molar-refractivity contribution < 1.29 is 4.79 Å². The number of azo groups is 1. The second-order valence-corrected chi connectivity index (χ2v) is 4.30. The van der Waals surface area contributed by atoms with E-state index in [1.54, 1.807) is 24.3 Å². The molecule has 0 radical (unpaired) electrons. The molecule has 5 nitrogen and oxygen atoms in total. The second-order valence-electron chi connectivity index (χ2n) is 4.30. The standard InChI is InChI=1S/C15H14N4O/c1-19(2)15-6-4-3-5-14(15)18-17-13-9-7-12(8-10-13)16-11-20/h3-10H,1-2H3. The van der Waals surface area contributed by atoms with Gasteiger partial charge in [0, 0.05) is 14.1 Å². The third kappa shape index (κ3) is 3.37. The van der Waals surface area contributed by atoms with Gasteiger partial charge in [-0.05, 0) is 36.4 Å². The van der Waals surface area contributed by atoms with Crippen molar-refractivity contribution in [2.75, 3.05) is 19.0 Å². The molecule has 0 fully saturated rings. The number of isocyanates is 1. The number of benzene rings is 2. The number of carbonyl (C=O) groups excluding carboxylic acids is 1. The van der Waals surface area contributed by atoms with Crippen molar-refractivity contribution in [3.8, 4) is 0 Å². The third-order valence-electron chi connectivity index (χ3n) is 2.66. The van der Waals surface area contributed by atoms with Crippen LogP contribution in [0, 0.1) is 0 Å². The second kappa shape index (κ2) is 6.41. The van der Waals surface area contributed by atoms with Gasteiger partial charge in [0.2, 0.25) is 6.08 Å². The molecule has 20 heavy (non-hydrogen) atoms. The highest BCUT2D eigenvalue weighted by Gasteiger charge is 2.01. The maximum Gasteiger partial charge on any atom is 0.240 e. The SMILES string of the molecule is CN(C)c1ccccc1N=Nc1ccc(N=C=O)cc1. The fourth-order valence-corrected chi connectivity index (χ4v) is 1.69. The Morgan fingerprint density at radius 2 is 1.55 bits per heavy atom. The molecule has 0 aromatic heterocycles. The van der Waals surface area contributed by atoms with Crippen LogP contribution in [0.5, 0.6) is 0 Å². The molecule has 0 unspecified atom stereocenters. The predicted octanol–water partition coefficient (Wildman–Crippen LogP) is 4.14. The molecule has 0 aliphatic rings. The van der Waals surface area contributed by atoms with Crippen LogP contribution in [0.4, 0.5) is 22.7 Å². The molecule has 0 amide bonds. The van der Waals surface area contributed by atoms with Gasteiger partial charge in [-0.1, -0.05) is 12.1 Å². The molecule has 0 N–H and O–H groups in total. The molecule has 0 aliphatic heterocycles. The predicted molar refractivity (Wildman–Crippen MR) is 79.2 cm³/mol. The van der Waals surface area contributed by atoms with Crippen LogP contribution in [0.2, 0.25) is 0 Å². The Morgan fingerprint density at radius 1 is 0.900 bits per heavy atom. The van der Waals surface area contributed by atoms with Crippen LogP contribution in [0.15, 0.2) is 63.8 Å². The van der Waals surface area contributed by atoms with Crippen molar-refractivity contribution in [1.29, 1.82) is 0 Å². The van der Waals surface area contributed by atoms with E-state index in [1.165, 1.54) is 6.08 Å². The van der Waals surface area contributed by atoms with Crippen molar-refractivity contribution in [3.63, 3.8) is 0 Å². The first-order valence-corrected chi connectivity index (χ1v) is 6.07. The summed E-state index contributed by atoms with van der Waals surface area (Å²) in [7, 11) is 3.92. The molecule has 2 rings (SSSR count). The zero-order valence-electron chi connectivity index (χ0n) is 11.3. The Labute approximate surface area is 117 Å². The van der Waals surface area contributed by atoms with Crippen molar-refractivity contribution in [2.24, 2.45) is 15.2 Å². The lowest BCUT2D eigenvalue weighted by Crippen LogP contribution is -2.08. The fourth-order valence-electron chi connectivity index (χ4n) is 1.69. The zero-order chi connectivity index (χ0) is 14.4. The van der Waals surface area contributed by atoms with E-state index in [-0.39, 0.29) is 0 Å². The van der Waals surface area contributed by atoms with Crippen molar-refractivity contribution in [1.82, 2.24) is 0 Å². The van der Waals surface area contributed by atoms with E-state index in [1.807, 2.05) is 43.3 Å². The maximum atomic E-state index is 10.1. The maximum absolute atomic E-state index is 10.1. The molecular weight excluding hydrogens is 252 g/mol. The Morgan fingerprint density at radius 3 is 2.20 bits per heavy atom. The van der Waals surface area contributed by atoms with Crippen LogP contribution in [0.25, 0.3) is 0 Å². The highest BCUT2D eigenvalue weighted by atomic mass is 16.1. The van der Waals surface area contributed by atoms with E-state index in [4.69, 9.17) is 0 Å². The van der Waals surface area contributed by atoms with Crippen molar-refractivity contribution in [3.05, 3.63) is 48.5 Å². The van der Waals surface area contributed by atoms with Gasteiger partial charge in [0.05, 0.1) is 17.1 Å². The molecule has 0 bridgehead atoms. The molecule has 0 atom stereocenters. The number of rotatable bonds is 4. The van der Waals surface area contributed by atoms with Gasteiger partial charge < -0.3 is 4.90 Å². The average molecular weight is 266 g/mol. The Hall–Kier alpha value is -2.78. The highest BCUT2D eigenvalue weighted by molar-refractivity contribution is 5.66. The molecule has 0 heterocycles. The van der Waals surface area contributed by atoms with E-state index in [2.05, 4.69) is 15.2 Å². The average Bonchev–Trinajstić information content (AvgIpc) is 2.47. The molecular formula is C15H14N4O. The number of para-hydroxylation sites is 1. The van der Waals surface area contributed by atoms with E-state index in [9.17, 15) is 4.79 Å². The molecule has 0 aliphatic carbocycles.